The molecule has 0 fully saturated rings. The number of rotatable bonds is 3. The molecular formula is C17H14N4S. The highest BCUT2D eigenvalue weighted by atomic mass is 32.1. The van der Waals surface area contributed by atoms with Gasteiger partial charge >= 0.3 is 0 Å². The molecule has 4 nitrogen and oxygen atoms in total. The molecule has 0 saturated carbocycles. The van der Waals surface area contributed by atoms with Crippen molar-refractivity contribution < 1.29 is 0 Å². The van der Waals surface area contributed by atoms with Crippen LogP contribution in [0.15, 0.2) is 72.0 Å². The number of hydrogen-bond donors (Lipinski definition) is 2. The van der Waals surface area contributed by atoms with Crippen molar-refractivity contribution in [1.82, 2.24) is 10.4 Å². The first-order valence-electron chi connectivity index (χ1n) is 6.82. The Morgan fingerprint density at radius 3 is 2.64 bits per heavy atom. The van der Waals surface area contributed by atoms with Gasteiger partial charge in [0.05, 0.1) is 11.7 Å². The number of pyridine rings is 1. The summed E-state index contributed by atoms with van der Waals surface area (Å²) in [6, 6.07) is 19.6. The Morgan fingerprint density at radius 2 is 1.77 bits per heavy atom. The van der Waals surface area contributed by atoms with Crippen LogP contribution in [0.5, 0.6) is 0 Å². The number of nitrogens with zero attached hydrogens (tertiary/aromatic N) is 2. The third kappa shape index (κ3) is 3.45. The minimum absolute atomic E-state index is 0.445. The Kier molecular flexibility index (Phi) is 4.36. The molecule has 0 atom stereocenters. The van der Waals surface area contributed by atoms with E-state index in [0.717, 1.165) is 22.2 Å². The van der Waals surface area contributed by atoms with Crippen LogP contribution in [0.1, 0.15) is 5.56 Å². The monoisotopic (exact) mass is 306 g/mol. The minimum atomic E-state index is 0.445. The average Bonchev–Trinajstić information content (AvgIpc) is 2.56. The number of hydrazone groups is 1. The van der Waals surface area contributed by atoms with Crippen LogP contribution < -0.4 is 10.7 Å². The summed E-state index contributed by atoms with van der Waals surface area (Å²) in [5, 5.41) is 8.74. The van der Waals surface area contributed by atoms with Gasteiger partial charge in [-0.1, -0.05) is 36.4 Å². The van der Waals surface area contributed by atoms with Crippen molar-refractivity contribution >= 4 is 40.1 Å². The quantitative estimate of drug-likeness (QED) is 0.441. The van der Waals surface area contributed by atoms with Crippen molar-refractivity contribution in [1.29, 1.82) is 0 Å². The first kappa shape index (κ1) is 14.2. The highest BCUT2D eigenvalue weighted by Crippen LogP contribution is 2.14. The second kappa shape index (κ2) is 6.78. The molecule has 22 heavy (non-hydrogen) atoms. The predicted octanol–water partition coefficient (Wildman–Crippen LogP) is 3.56. The normalized spacial score (nSPS) is 10.7. The average molecular weight is 306 g/mol. The lowest BCUT2D eigenvalue weighted by Crippen LogP contribution is -2.23. The molecule has 0 radical (unpaired) electrons. The van der Waals surface area contributed by atoms with Crippen LogP contribution in [0.2, 0.25) is 0 Å². The van der Waals surface area contributed by atoms with Crippen molar-refractivity contribution in [2.45, 2.75) is 0 Å². The summed E-state index contributed by atoms with van der Waals surface area (Å²) < 4.78 is 0. The Bertz CT molecular complexity index is 810. The van der Waals surface area contributed by atoms with E-state index in [9.17, 15) is 0 Å². The molecule has 3 aromatic rings. The molecule has 0 aliphatic carbocycles. The van der Waals surface area contributed by atoms with E-state index in [1.165, 1.54) is 0 Å². The first-order valence-corrected chi connectivity index (χ1v) is 7.22. The molecule has 0 spiro atoms. The molecule has 0 aliphatic heterocycles. The first-order chi connectivity index (χ1) is 10.8. The van der Waals surface area contributed by atoms with Crippen molar-refractivity contribution in [2.24, 2.45) is 5.10 Å². The van der Waals surface area contributed by atoms with E-state index in [1.807, 2.05) is 60.7 Å². The highest BCUT2D eigenvalue weighted by molar-refractivity contribution is 7.80. The molecule has 2 aromatic carbocycles. The van der Waals surface area contributed by atoms with Crippen LogP contribution in [0.4, 0.5) is 5.69 Å². The number of anilines is 1. The lowest BCUT2D eigenvalue weighted by molar-refractivity contribution is 1.05. The van der Waals surface area contributed by atoms with E-state index in [2.05, 4.69) is 20.8 Å². The molecule has 2 N–H and O–H groups in total. The lowest BCUT2D eigenvalue weighted by atomic mass is 10.1. The van der Waals surface area contributed by atoms with E-state index in [4.69, 9.17) is 12.2 Å². The number of benzene rings is 2. The third-order valence-electron chi connectivity index (χ3n) is 3.08. The zero-order chi connectivity index (χ0) is 15.2. The van der Waals surface area contributed by atoms with E-state index in [0.29, 0.717) is 5.11 Å². The van der Waals surface area contributed by atoms with Crippen molar-refractivity contribution in [3.05, 3.63) is 72.4 Å². The summed E-state index contributed by atoms with van der Waals surface area (Å²) in [4.78, 5) is 4.32. The SMILES string of the molecule is S=C(N/N=C\c1ccnc2ccccc12)Nc1ccccc1. The van der Waals surface area contributed by atoms with Crippen LogP contribution in [-0.2, 0) is 0 Å². The molecule has 1 heterocycles. The molecular weight excluding hydrogens is 292 g/mol. The van der Waals surface area contributed by atoms with Gasteiger partial charge in [0.1, 0.15) is 0 Å². The summed E-state index contributed by atoms with van der Waals surface area (Å²) >= 11 is 5.20. The maximum absolute atomic E-state index is 5.20. The van der Waals surface area contributed by atoms with E-state index in [-0.39, 0.29) is 0 Å². The smallest absolute Gasteiger partial charge is 0.191 e. The Morgan fingerprint density at radius 1 is 1.00 bits per heavy atom. The van der Waals surface area contributed by atoms with Crippen LogP contribution in [-0.4, -0.2) is 16.3 Å². The summed E-state index contributed by atoms with van der Waals surface area (Å²) in [5.41, 5.74) is 5.66. The maximum Gasteiger partial charge on any atom is 0.191 e. The molecule has 0 aliphatic rings. The van der Waals surface area contributed by atoms with E-state index in [1.54, 1.807) is 12.4 Å². The van der Waals surface area contributed by atoms with Gasteiger partial charge in [0.15, 0.2) is 5.11 Å². The number of fused-ring (bicyclic) bond motifs is 1. The van der Waals surface area contributed by atoms with Crippen LogP contribution in [0, 0.1) is 0 Å². The Balaban J connectivity index is 1.67. The second-order valence-electron chi connectivity index (χ2n) is 4.61. The second-order valence-corrected chi connectivity index (χ2v) is 5.02. The fourth-order valence-corrected chi connectivity index (χ4v) is 2.24. The number of aromatic nitrogens is 1. The van der Waals surface area contributed by atoms with Gasteiger partial charge < -0.3 is 5.32 Å². The summed E-state index contributed by atoms with van der Waals surface area (Å²) in [7, 11) is 0. The van der Waals surface area contributed by atoms with Crippen LogP contribution >= 0.6 is 12.2 Å². The van der Waals surface area contributed by atoms with Gasteiger partial charge in [-0.25, -0.2) is 0 Å². The zero-order valence-corrected chi connectivity index (χ0v) is 12.5. The van der Waals surface area contributed by atoms with Gasteiger partial charge in [-0.2, -0.15) is 5.10 Å². The molecule has 1 aromatic heterocycles. The number of para-hydroxylation sites is 2. The Hall–Kier alpha value is -2.79. The minimum Gasteiger partial charge on any atom is -0.331 e. The fourth-order valence-electron chi connectivity index (χ4n) is 2.07. The Labute approximate surface area is 133 Å². The summed E-state index contributed by atoms with van der Waals surface area (Å²) in [6.45, 7) is 0. The fraction of sp³-hybridized carbons (Fsp3) is 0. The maximum atomic E-state index is 5.20. The number of thiocarbonyl (C=S) groups is 1. The van der Waals surface area contributed by atoms with E-state index < -0.39 is 0 Å². The molecule has 5 heteroatoms. The van der Waals surface area contributed by atoms with Gasteiger partial charge in [-0.05, 0) is 36.5 Å². The molecule has 108 valence electrons. The summed E-state index contributed by atoms with van der Waals surface area (Å²) in [6.07, 6.45) is 3.51. The zero-order valence-electron chi connectivity index (χ0n) is 11.7. The molecule has 0 saturated heterocycles. The summed E-state index contributed by atoms with van der Waals surface area (Å²) in [5.74, 6) is 0. The number of nitrogens with one attached hydrogen (secondary N) is 2. The van der Waals surface area contributed by atoms with Crippen LogP contribution in [0.25, 0.3) is 10.9 Å². The van der Waals surface area contributed by atoms with Gasteiger partial charge in [0.2, 0.25) is 0 Å². The molecule has 0 unspecified atom stereocenters. The standard InChI is InChI=1S/C17H14N4S/c22-17(20-14-6-2-1-3-7-14)21-19-12-13-10-11-18-16-9-5-4-8-15(13)16/h1-12H,(H2,20,21,22)/b19-12-. The largest absolute Gasteiger partial charge is 0.331 e. The van der Waals surface area contributed by atoms with Crippen LogP contribution in [0.3, 0.4) is 0 Å². The van der Waals surface area contributed by atoms with Crippen molar-refractivity contribution in [3.8, 4) is 0 Å². The molecule has 0 bridgehead atoms. The van der Waals surface area contributed by atoms with Crippen molar-refractivity contribution in [2.75, 3.05) is 5.32 Å². The van der Waals surface area contributed by atoms with Gasteiger partial charge in [-0.3, -0.25) is 10.4 Å². The number of hydrogen-bond acceptors (Lipinski definition) is 3. The topological polar surface area (TPSA) is 49.3 Å². The highest BCUT2D eigenvalue weighted by Gasteiger charge is 1.98. The van der Waals surface area contributed by atoms with Gasteiger partial charge in [-0.15, -0.1) is 0 Å². The van der Waals surface area contributed by atoms with Gasteiger partial charge in [0, 0.05) is 22.8 Å². The van der Waals surface area contributed by atoms with Gasteiger partial charge in [0.25, 0.3) is 0 Å². The molecule has 0 amide bonds. The van der Waals surface area contributed by atoms with E-state index >= 15 is 0 Å². The predicted molar refractivity (Wildman–Crippen MR) is 95.1 cm³/mol. The van der Waals surface area contributed by atoms with Crippen molar-refractivity contribution in [3.63, 3.8) is 0 Å². The lowest BCUT2D eigenvalue weighted by Gasteiger charge is -2.06. The molecule has 3 rings (SSSR count). The third-order valence-corrected chi connectivity index (χ3v) is 3.28.